The van der Waals surface area contributed by atoms with E-state index < -0.39 is 5.41 Å². The Labute approximate surface area is 107 Å². The van der Waals surface area contributed by atoms with E-state index in [1.165, 1.54) is 7.11 Å². The van der Waals surface area contributed by atoms with E-state index in [1.54, 1.807) is 32.0 Å². The lowest BCUT2D eigenvalue weighted by Gasteiger charge is -2.16. The maximum atomic E-state index is 11.9. The summed E-state index contributed by atoms with van der Waals surface area (Å²) in [6.07, 6.45) is 0. The van der Waals surface area contributed by atoms with E-state index in [0.717, 1.165) is 0 Å². The molecular formula is C13H17N3O2. The number of hydrogen-bond donors (Lipinski definition) is 2. The van der Waals surface area contributed by atoms with Crippen molar-refractivity contribution < 1.29 is 9.53 Å². The molecule has 0 aliphatic rings. The van der Waals surface area contributed by atoms with Gasteiger partial charge in [0, 0.05) is 12.2 Å². The van der Waals surface area contributed by atoms with Crippen molar-refractivity contribution in [2.24, 2.45) is 5.41 Å². The molecule has 5 heteroatoms. The largest absolute Gasteiger partial charge is 0.497 e. The van der Waals surface area contributed by atoms with Gasteiger partial charge in [-0.3, -0.25) is 4.79 Å². The van der Waals surface area contributed by atoms with Crippen LogP contribution in [0.5, 0.6) is 5.75 Å². The number of nitrogens with two attached hydrogens (primary N) is 1. The van der Waals surface area contributed by atoms with E-state index >= 15 is 0 Å². The zero-order valence-electron chi connectivity index (χ0n) is 10.8. The lowest BCUT2D eigenvalue weighted by Crippen LogP contribution is -2.33. The van der Waals surface area contributed by atoms with Crippen molar-refractivity contribution in [3.05, 3.63) is 23.8 Å². The van der Waals surface area contributed by atoms with Gasteiger partial charge in [-0.05, 0) is 32.0 Å². The number of amides is 1. The summed E-state index contributed by atoms with van der Waals surface area (Å²) in [7, 11) is 1.52. The van der Waals surface area contributed by atoms with Gasteiger partial charge in [0.15, 0.2) is 0 Å². The summed E-state index contributed by atoms with van der Waals surface area (Å²) in [6, 6.07) is 6.99. The highest BCUT2D eigenvalue weighted by Gasteiger charge is 2.19. The summed E-state index contributed by atoms with van der Waals surface area (Å²) in [6.45, 7) is 3.77. The van der Waals surface area contributed by atoms with Gasteiger partial charge in [0.1, 0.15) is 5.75 Å². The van der Waals surface area contributed by atoms with Crippen LogP contribution < -0.4 is 15.8 Å². The summed E-state index contributed by atoms with van der Waals surface area (Å²) in [4.78, 5) is 11.9. The van der Waals surface area contributed by atoms with E-state index in [-0.39, 0.29) is 12.5 Å². The first-order chi connectivity index (χ1) is 8.39. The third kappa shape index (κ3) is 3.39. The Morgan fingerprint density at radius 1 is 1.56 bits per heavy atom. The van der Waals surface area contributed by atoms with Crippen LogP contribution in [0.15, 0.2) is 18.2 Å². The van der Waals surface area contributed by atoms with Gasteiger partial charge < -0.3 is 15.8 Å². The topological polar surface area (TPSA) is 88.1 Å². The van der Waals surface area contributed by atoms with Crippen molar-refractivity contribution in [2.75, 3.05) is 19.4 Å². The maximum absolute atomic E-state index is 11.9. The molecule has 1 aromatic carbocycles. The smallest absolute Gasteiger partial charge is 0.253 e. The Morgan fingerprint density at radius 3 is 2.78 bits per heavy atom. The van der Waals surface area contributed by atoms with Gasteiger partial charge in [0.25, 0.3) is 5.91 Å². The lowest BCUT2D eigenvalue weighted by molar-refractivity contribution is 0.0944. The number of nitriles is 1. The molecule has 3 N–H and O–H groups in total. The second-order valence-electron chi connectivity index (χ2n) is 4.63. The molecule has 18 heavy (non-hydrogen) atoms. The highest BCUT2D eigenvalue weighted by Crippen LogP contribution is 2.19. The van der Waals surface area contributed by atoms with Crippen LogP contribution >= 0.6 is 0 Å². The fourth-order valence-corrected chi connectivity index (χ4v) is 1.30. The average molecular weight is 247 g/mol. The molecule has 0 fully saturated rings. The molecule has 0 bridgehead atoms. The van der Waals surface area contributed by atoms with Gasteiger partial charge in [-0.1, -0.05) is 0 Å². The number of carbonyl (C=O) groups is 1. The molecule has 0 atom stereocenters. The molecule has 0 spiro atoms. The number of nitrogens with zero attached hydrogens (tertiary/aromatic N) is 1. The monoisotopic (exact) mass is 247 g/mol. The Bertz CT molecular complexity index is 489. The number of nitrogens with one attached hydrogen (secondary N) is 1. The van der Waals surface area contributed by atoms with Crippen LogP contribution in [0.1, 0.15) is 24.2 Å². The van der Waals surface area contributed by atoms with Crippen molar-refractivity contribution in [3.8, 4) is 11.8 Å². The van der Waals surface area contributed by atoms with Gasteiger partial charge in [-0.15, -0.1) is 0 Å². The molecule has 0 radical (unpaired) electrons. The molecule has 0 unspecified atom stereocenters. The number of ether oxygens (including phenoxy) is 1. The van der Waals surface area contributed by atoms with Gasteiger partial charge in [0.05, 0.1) is 24.2 Å². The van der Waals surface area contributed by atoms with Crippen molar-refractivity contribution in [1.82, 2.24) is 5.32 Å². The third-order valence-electron chi connectivity index (χ3n) is 2.50. The van der Waals surface area contributed by atoms with Crippen molar-refractivity contribution in [3.63, 3.8) is 0 Å². The fourth-order valence-electron chi connectivity index (χ4n) is 1.30. The second kappa shape index (κ2) is 5.41. The number of benzene rings is 1. The molecule has 1 rings (SSSR count). The normalized spacial score (nSPS) is 10.6. The summed E-state index contributed by atoms with van der Waals surface area (Å²) in [5.41, 5.74) is 5.86. The molecule has 0 saturated carbocycles. The van der Waals surface area contributed by atoms with Gasteiger partial charge >= 0.3 is 0 Å². The Balaban J connectivity index is 2.82. The van der Waals surface area contributed by atoms with E-state index in [2.05, 4.69) is 11.4 Å². The second-order valence-corrected chi connectivity index (χ2v) is 4.63. The molecule has 0 aliphatic heterocycles. The summed E-state index contributed by atoms with van der Waals surface area (Å²) >= 11 is 0. The van der Waals surface area contributed by atoms with Crippen LogP contribution in [-0.4, -0.2) is 19.6 Å². The zero-order chi connectivity index (χ0) is 13.8. The van der Waals surface area contributed by atoms with Crippen molar-refractivity contribution in [2.45, 2.75) is 13.8 Å². The van der Waals surface area contributed by atoms with E-state index in [1.807, 2.05) is 0 Å². The molecule has 1 amide bonds. The number of methoxy groups -OCH3 is 1. The first-order valence-corrected chi connectivity index (χ1v) is 5.52. The van der Waals surface area contributed by atoms with Crippen LogP contribution in [0.4, 0.5) is 5.69 Å². The van der Waals surface area contributed by atoms with Crippen LogP contribution in [0.2, 0.25) is 0 Å². The van der Waals surface area contributed by atoms with Crippen molar-refractivity contribution in [1.29, 1.82) is 5.26 Å². The quantitative estimate of drug-likeness (QED) is 0.790. The molecule has 96 valence electrons. The Morgan fingerprint density at radius 2 is 2.22 bits per heavy atom. The fraction of sp³-hybridized carbons (Fsp3) is 0.385. The highest BCUT2D eigenvalue weighted by molar-refractivity contribution is 5.99. The number of anilines is 1. The standard InChI is InChI=1S/C13H17N3O2/c1-13(2,7-14)8-16-12(17)10-6-9(18-3)4-5-11(10)15/h4-6H,8,15H2,1-3H3,(H,16,17). The predicted molar refractivity (Wildman–Crippen MR) is 69.1 cm³/mol. The number of rotatable bonds is 4. The number of hydrogen-bond acceptors (Lipinski definition) is 4. The van der Waals surface area contributed by atoms with Crippen LogP contribution in [0.25, 0.3) is 0 Å². The van der Waals surface area contributed by atoms with Crippen LogP contribution in [0, 0.1) is 16.7 Å². The molecule has 0 aromatic heterocycles. The molecule has 0 heterocycles. The first kappa shape index (κ1) is 13.8. The summed E-state index contributed by atoms with van der Waals surface area (Å²) in [5.74, 6) is 0.253. The first-order valence-electron chi connectivity index (χ1n) is 5.52. The molecule has 5 nitrogen and oxygen atoms in total. The molecule has 0 aliphatic carbocycles. The van der Waals surface area contributed by atoms with E-state index in [9.17, 15) is 4.79 Å². The third-order valence-corrected chi connectivity index (χ3v) is 2.50. The van der Waals surface area contributed by atoms with Crippen LogP contribution in [-0.2, 0) is 0 Å². The van der Waals surface area contributed by atoms with E-state index in [4.69, 9.17) is 15.7 Å². The summed E-state index contributed by atoms with van der Waals surface area (Å²) in [5, 5.41) is 11.6. The molecule has 1 aromatic rings. The average Bonchev–Trinajstić information content (AvgIpc) is 2.36. The Kier molecular flexibility index (Phi) is 4.16. The minimum Gasteiger partial charge on any atom is -0.497 e. The van der Waals surface area contributed by atoms with Gasteiger partial charge in [-0.25, -0.2) is 0 Å². The number of nitrogen functional groups attached to an aromatic ring is 1. The Hall–Kier alpha value is -2.22. The minimum atomic E-state index is -0.608. The maximum Gasteiger partial charge on any atom is 0.253 e. The highest BCUT2D eigenvalue weighted by atomic mass is 16.5. The SMILES string of the molecule is COc1ccc(N)c(C(=O)NCC(C)(C)C#N)c1. The van der Waals surface area contributed by atoms with Crippen LogP contribution in [0.3, 0.4) is 0 Å². The minimum absolute atomic E-state index is 0.263. The predicted octanol–water partition coefficient (Wildman–Crippen LogP) is 1.56. The van der Waals surface area contributed by atoms with Crippen molar-refractivity contribution >= 4 is 11.6 Å². The lowest BCUT2D eigenvalue weighted by atomic mass is 9.96. The molecular weight excluding hydrogens is 230 g/mol. The summed E-state index contributed by atoms with van der Waals surface area (Å²) < 4.78 is 5.04. The number of carbonyl (C=O) groups excluding carboxylic acids is 1. The van der Waals surface area contributed by atoms with Gasteiger partial charge in [-0.2, -0.15) is 5.26 Å². The zero-order valence-corrected chi connectivity index (χ0v) is 10.8. The van der Waals surface area contributed by atoms with E-state index in [0.29, 0.717) is 17.0 Å². The molecule has 0 saturated heterocycles. The van der Waals surface area contributed by atoms with Gasteiger partial charge in [0.2, 0.25) is 0 Å².